The number of anilines is 1. The summed E-state index contributed by atoms with van der Waals surface area (Å²) in [7, 11) is 0. The lowest BCUT2D eigenvalue weighted by molar-refractivity contribution is 0.0655. The molecule has 166 valence electrons. The minimum absolute atomic E-state index is 0. The Balaban J connectivity index is 0.00000341. The summed E-state index contributed by atoms with van der Waals surface area (Å²) in [6.45, 7) is 5.21. The Bertz CT molecular complexity index is 973. The summed E-state index contributed by atoms with van der Waals surface area (Å²) in [4.78, 5) is 17.6. The number of amides is 1. The Morgan fingerprint density at radius 3 is 2.71 bits per heavy atom. The van der Waals surface area contributed by atoms with Gasteiger partial charge in [-0.2, -0.15) is 0 Å². The molecule has 3 rings (SSSR count). The molecule has 0 bridgehead atoms. The fraction of sp³-hybridized carbons (Fsp3) is 0.273. The summed E-state index contributed by atoms with van der Waals surface area (Å²) in [5.74, 6) is 0.570. The molecule has 1 atom stereocenters. The molecule has 9 heteroatoms. The van der Waals surface area contributed by atoms with Crippen LogP contribution in [0.4, 0.5) is 5.69 Å². The quantitative estimate of drug-likeness (QED) is 0.190. The van der Waals surface area contributed by atoms with Crippen molar-refractivity contribution >= 4 is 52.9 Å². The van der Waals surface area contributed by atoms with Crippen molar-refractivity contribution in [2.75, 3.05) is 18.4 Å². The number of aliphatic imine (C=N–C) groups is 1. The number of guanidine groups is 1. The molecule has 1 amide bonds. The van der Waals surface area contributed by atoms with Crippen molar-refractivity contribution in [1.82, 2.24) is 10.6 Å². The van der Waals surface area contributed by atoms with Crippen molar-refractivity contribution in [2.45, 2.75) is 26.0 Å². The van der Waals surface area contributed by atoms with Gasteiger partial charge in [-0.05, 0) is 55.1 Å². The lowest BCUT2D eigenvalue weighted by Crippen LogP contribution is -2.44. The molecule has 0 aliphatic carbocycles. The Labute approximate surface area is 203 Å². The summed E-state index contributed by atoms with van der Waals surface area (Å²) < 4.78 is 5.11. The van der Waals surface area contributed by atoms with Crippen LogP contribution in [0.1, 0.15) is 34.8 Å². The van der Waals surface area contributed by atoms with Crippen molar-refractivity contribution in [3.05, 3.63) is 76.4 Å². The van der Waals surface area contributed by atoms with Gasteiger partial charge < -0.3 is 25.5 Å². The number of nitrogens with one attached hydrogen (secondary N) is 3. The van der Waals surface area contributed by atoms with Crippen molar-refractivity contribution in [2.24, 2.45) is 4.99 Å². The normalized spacial score (nSPS) is 13.1. The predicted molar refractivity (Wildman–Crippen MR) is 135 cm³/mol. The largest absolute Gasteiger partial charge is 0.459 e. The maximum absolute atomic E-state index is 12.1. The lowest BCUT2D eigenvalue weighted by atomic mass is 10.1. The molecule has 4 N–H and O–H groups in total. The number of rotatable bonds is 8. The van der Waals surface area contributed by atoms with Crippen molar-refractivity contribution in [1.29, 1.82) is 0 Å². The minimum atomic E-state index is -0.986. The van der Waals surface area contributed by atoms with Gasteiger partial charge >= 0.3 is 0 Å². The van der Waals surface area contributed by atoms with E-state index in [1.54, 1.807) is 19.1 Å². The Morgan fingerprint density at radius 2 is 2.03 bits per heavy atom. The monoisotopic (exact) mass is 554 g/mol. The van der Waals surface area contributed by atoms with E-state index >= 15 is 0 Å². The first kappa shape index (κ1) is 24.9. The fourth-order valence-corrected chi connectivity index (χ4v) is 3.57. The molecular formula is C22H27IN4O3S. The van der Waals surface area contributed by atoms with E-state index in [1.165, 1.54) is 17.6 Å². The Morgan fingerprint density at radius 1 is 1.19 bits per heavy atom. The molecule has 0 saturated carbocycles. The van der Waals surface area contributed by atoms with Crippen LogP contribution in [0.2, 0.25) is 0 Å². The molecule has 1 unspecified atom stereocenters. The van der Waals surface area contributed by atoms with Crippen LogP contribution in [0.25, 0.3) is 0 Å². The van der Waals surface area contributed by atoms with E-state index in [1.807, 2.05) is 48.7 Å². The van der Waals surface area contributed by atoms with Crippen molar-refractivity contribution in [3.8, 4) is 0 Å². The van der Waals surface area contributed by atoms with Crippen LogP contribution >= 0.6 is 35.3 Å². The van der Waals surface area contributed by atoms with Crippen molar-refractivity contribution < 1.29 is 14.3 Å². The molecule has 0 aliphatic heterocycles. The standard InChI is InChI=1S/C22H26N4O3S.HI/c1-3-23-21(25-15-22(2,28)19-10-6-12-30-19)24-14-16-7-4-8-17(13-16)26-20(27)18-9-5-11-29-18;/h4-13,28H,3,14-15H2,1-2H3,(H,26,27)(H2,23,24,25);1H. The Kier molecular flexibility index (Phi) is 9.53. The first-order chi connectivity index (χ1) is 14.5. The number of halogens is 1. The number of benzene rings is 1. The fourth-order valence-electron chi connectivity index (χ4n) is 2.79. The zero-order valence-electron chi connectivity index (χ0n) is 17.4. The van der Waals surface area contributed by atoms with Gasteiger partial charge in [-0.3, -0.25) is 4.79 Å². The highest BCUT2D eigenvalue weighted by atomic mass is 127. The molecule has 0 spiro atoms. The lowest BCUT2D eigenvalue weighted by Gasteiger charge is -2.23. The molecule has 0 aliphatic rings. The second-order valence-corrected chi connectivity index (χ2v) is 7.88. The third-order valence-electron chi connectivity index (χ3n) is 4.35. The second-order valence-electron chi connectivity index (χ2n) is 6.93. The van der Waals surface area contributed by atoms with E-state index in [2.05, 4.69) is 20.9 Å². The molecule has 2 heterocycles. The van der Waals surface area contributed by atoms with Gasteiger partial charge in [-0.1, -0.05) is 18.2 Å². The van der Waals surface area contributed by atoms with Gasteiger partial charge in [0.15, 0.2) is 11.7 Å². The van der Waals surface area contributed by atoms with Crippen LogP contribution in [0, 0.1) is 0 Å². The highest BCUT2D eigenvalue weighted by Gasteiger charge is 2.24. The van der Waals surface area contributed by atoms with E-state index in [-0.39, 0.29) is 35.6 Å². The number of aliphatic hydroxyl groups is 1. The minimum Gasteiger partial charge on any atom is -0.459 e. The van der Waals surface area contributed by atoms with Crippen LogP contribution < -0.4 is 16.0 Å². The molecule has 3 aromatic rings. The van der Waals surface area contributed by atoms with E-state index < -0.39 is 5.60 Å². The van der Waals surface area contributed by atoms with Gasteiger partial charge in [0, 0.05) is 17.1 Å². The third-order valence-corrected chi connectivity index (χ3v) is 5.47. The van der Waals surface area contributed by atoms with Gasteiger partial charge in [0.25, 0.3) is 5.91 Å². The first-order valence-electron chi connectivity index (χ1n) is 9.70. The summed E-state index contributed by atoms with van der Waals surface area (Å²) >= 11 is 1.52. The average molecular weight is 554 g/mol. The molecule has 7 nitrogen and oxygen atoms in total. The molecule has 31 heavy (non-hydrogen) atoms. The SMILES string of the molecule is CCNC(=NCc1cccc(NC(=O)c2ccco2)c1)NCC(C)(O)c1cccs1.I. The third kappa shape index (κ3) is 7.37. The van der Waals surface area contributed by atoms with Crippen molar-refractivity contribution in [3.63, 3.8) is 0 Å². The smallest absolute Gasteiger partial charge is 0.291 e. The molecule has 0 radical (unpaired) electrons. The van der Waals surface area contributed by atoms with Gasteiger partial charge in [0.05, 0.1) is 19.4 Å². The molecule has 0 saturated heterocycles. The van der Waals surface area contributed by atoms with Gasteiger partial charge in [0.2, 0.25) is 0 Å². The molecule has 1 aromatic carbocycles. The molecule has 2 aromatic heterocycles. The number of carbonyl (C=O) groups excluding carboxylic acids is 1. The second kappa shape index (κ2) is 11.9. The zero-order valence-corrected chi connectivity index (χ0v) is 20.6. The van der Waals surface area contributed by atoms with E-state index in [0.29, 0.717) is 31.3 Å². The highest BCUT2D eigenvalue weighted by Crippen LogP contribution is 2.24. The molecule has 0 fully saturated rings. The summed E-state index contributed by atoms with van der Waals surface area (Å²) in [5, 5.41) is 21.8. The van der Waals surface area contributed by atoms with Crippen LogP contribution in [0.5, 0.6) is 0 Å². The van der Waals surface area contributed by atoms with Gasteiger partial charge in [-0.25, -0.2) is 4.99 Å². The topological polar surface area (TPSA) is 98.9 Å². The van der Waals surface area contributed by atoms with Gasteiger partial charge in [0.1, 0.15) is 5.60 Å². The van der Waals surface area contributed by atoms with Crippen LogP contribution in [0.3, 0.4) is 0 Å². The number of hydrogen-bond acceptors (Lipinski definition) is 5. The average Bonchev–Trinajstić information content (AvgIpc) is 3.45. The van der Waals surface area contributed by atoms with Crippen LogP contribution in [-0.2, 0) is 12.1 Å². The van der Waals surface area contributed by atoms with Crippen LogP contribution in [0.15, 0.2) is 69.6 Å². The Hall–Kier alpha value is -2.37. The highest BCUT2D eigenvalue weighted by molar-refractivity contribution is 14.0. The maximum Gasteiger partial charge on any atom is 0.291 e. The van der Waals surface area contributed by atoms with Gasteiger partial charge in [-0.15, -0.1) is 35.3 Å². The summed E-state index contributed by atoms with van der Waals surface area (Å²) in [6.07, 6.45) is 1.46. The summed E-state index contributed by atoms with van der Waals surface area (Å²) in [6, 6.07) is 14.6. The number of carbonyl (C=O) groups is 1. The number of nitrogens with zero attached hydrogens (tertiary/aromatic N) is 1. The number of thiophene rings is 1. The van der Waals surface area contributed by atoms with Crippen LogP contribution in [-0.4, -0.2) is 30.1 Å². The van der Waals surface area contributed by atoms with E-state index in [0.717, 1.165) is 10.4 Å². The first-order valence-corrected chi connectivity index (χ1v) is 10.6. The summed E-state index contributed by atoms with van der Waals surface area (Å²) in [5.41, 5.74) is 0.623. The predicted octanol–water partition coefficient (Wildman–Crippen LogP) is 4.17. The van der Waals surface area contributed by atoms with E-state index in [9.17, 15) is 9.90 Å². The molecular weight excluding hydrogens is 527 g/mol. The number of furan rings is 1. The van der Waals surface area contributed by atoms with E-state index in [4.69, 9.17) is 4.42 Å². The maximum atomic E-state index is 12.1. The zero-order chi connectivity index (χ0) is 21.4. The number of hydrogen-bond donors (Lipinski definition) is 4.